The number of non-ortho nitro benzene ring substituents is 1. The molecule has 1 N–H and O–H groups in total. The van der Waals surface area contributed by atoms with Gasteiger partial charge in [0.1, 0.15) is 0 Å². The Balaban J connectivity index is 2.01. The fourth-order valence-electron chi connectivity index (χ4n) is 3.33. The molecule has 1 heterocycles. The topological polar surface area (TPSA) is 66.6 Å². The van der Waals surface area contributed by atoms with Crippen molar-refractivity contribution in [2.45, 2.75) is 37.8 Å². The van der Waals surface area contributed by atoms with Crippen molar-refractivity contribution < 1.29 is 10.0 Å². The van der Waals surface area contributed by atoms with Crippen LogP contribution in [0.25, 0.3) is 0 Å². The molecule has 1 saturated heterocycles. The number of aryl methyl sites for hydroxylation is 1. The number of hydrogen-bond donors (Lipinski definition) is 1. The van der Waals surface area contributed by atoms with Crippen molar-refractivity contribution in [3.05, 3.63) is 39.4 Å². The van der Waals surface area contributed by atoms with E-state index in [9.17, 15) is 15.2 Å². The molecule has 5 nitrogen and oxygen atoms in total. The molecule has 0 unspecified atom stereocenters. The molecule has 1 aromatic carbocycles. The van der Waals surface area contributed by atoms with Gasteiger partial charge in [0, 0.05) is 12.1 Å². The molecule has 2 atom stereocenters. The number of aliphatic hydroxyl groups excluding tert-OH is 1. The molecule has 1 aliphatic carbocycles. The van der Waals surface area contributed by atoms with Gasteiger partial charge < -0.3 is 5.11 Å². The number of nitrogens with zero attached hydrogens (tertiary/aromatic N) is 2. The second kappa shape index (κ2) is 4.90. The Morgan fingerprint density at radius 1 is 1.32 bits per heavy atom. The maximum absolute atomic E-state index is 10.9. The van der Waals surface area contributed by atoms with Crippen molar-refractivity contribution in [2.75, 3.05) is 13.1 Å². The van der Waals surface area contributed by atoms with Crippen LogP contribution >= 0.6 is 0 Å². The van der Waals surface area contributed by atoms with Crippen LogP contribution in [0.5, 0.6) is 0 Å². The lowest BCUT2D eigenvalue weighted by Gasteiger charge is -2.36. The largest absolute Gasteiger partial charge is 0.391 e. The van der Waals surface area contributed by atoms with Gasteiger partial charge in [0.05, 0.1) is 17.1 Å². The molecule has 0 saturated carbocycles. The van der Waals surface area contributed by atoms with E-state index in [0.717, 1.165) is 49.9 Å². The molecule has 1 aliphatic heterocycles. The van der Waals surface area contributed by atoms with E-state index >= 15 is 0 Å². The predicted octanol–water partition coefficient (Wildman–Crippen LogP) is 2.04. The SMILES string of the molecule is O=[N+]([O-])c1ccc2c(c1)[C@@H](N1CCCC1)[C@H](O)CC2. The molecule has 0 bridgehead atoms. The van der Waals surface area contributed by atoms with Gasteiger partial charge in [0.2, 0.25) is 0 Å². The highest BCUT2D eigenvalue weighted by molar-refractivity contribution is 5.43. The molecule has 3 rings (SSSR count). The van der Waals surface area contributed by atoms with Crippen LogP contribution in [0.3, 0.4) is 0 Å². The van der Waals surface area contributed by atoms with Gasteiger partial charge in [0.25, 0.3) is 5.69 Å². The van der Waals surface area contributed by atoms with Crippen molar-refractivity contribution in [3.63, 3.8) is 0 Å². The first kappa shape index (κ1) is 12.6. The number of hydrogen-bond acceptors (Lipinski definition) is 4. The summed E-state index contributed by atoms with van der Waals surface area (Å²) < 4.78 is 0. The van der Waals surface area contributed by atoms with Crippen LogP contribution in [0.1, 0.15) is 36.4 Å². The van der Waals surface area contributed by atoms with E-state index in [1.807, 2.05) is 6.07 Å². The summed E-state index contributed by atoms with van der Waals surface area (Å²) in [6.07, 6.45) is 3.43. The minimum atomic E-state index is -0.410. The maximum Gasteiger partial charge on any atom is 0.269 e. The average Bonchev–Trinajstić information content (AvgIpc) is 2.91. The van der Waals surface area contributed by atoms with Gasteiger partial charge in [-0.05, 0) is 49.9 Å². The van der Waals surface area contributed by atoms with E-state index in [1.165, 1.54) is 0 Å². The molecule has 102 valence electrons. The molecule has 1 aromatic rings. The summed E-state index contributed by atoms with van der Waals surface area (Å²) in [7, 11) is 0. The van der Waals surface area contributed by atoms with Crippen molar-refractivity contribution in [1.29, 1.82) is 0 Å². The van der Waals surface area contributed by atoms with Crippen LogP contribution in [0.4, 0.5) is 5.69 Å². The average molecular weight is 262 g/mol. The van der Waals surface area contributed by atoms with Crippen LogP contribution in [-0.2, 0) is 6.42 Å². The van der Waals surface area contributed by atoms with Crippen LogP contribution in [0, 0.1) is 10.1 Å². The van der Waals surface area contributed by atoms with E-state index in [2.05, 4.69) is 4.90 Å². The van der Waals surface area contributed by atoms with Gasteiger partial charge in [0.15, 0.2) is 0 Å². The molecular formula is C14H18N2O3. The highest BCUT2D eigenvalue weighted by Gasteiger charge is 2.34. The Bertz CT molecular complexity index is 497. The Morgan fingerprint density at radius 2 is 2.05 bits per heavy atom. The second-order valence-corrected chi connectivity index (χ2v) is 5.43. The third-order valence-corrected chi connectivity index (χ3v) is 4.27. The van der Waals surface area contributed by atoms with Gasteiger partial charge in [-0.2, -0.15) is 0 Å². The molecular weight excluding hydrogens is 244 g/mol. The van der Waals surface area contributed by atoms with E-state index in [-0.39, 0.29) is 16.7 Å². The van der Waals surface area contributed by atoms with Gasteiger partial charge in [-0.1, -0.05) is 6.07 Å². The summed E-state index contributed by atoms with van der Waals surface area (Å²) >= 11 is 0. The Hall–Kier alpha value is -1.46. The van der Waals surface area contributed by atoms with Crippen LogP contribution in [-0.4, -0.2) is 34.1 Å². The van der Waals surface area contributed by atoms with Crippen molar-refractivity contribution in [2.24, 2.45) is 0 Å². The van der Waals surface area contributed by atoms with Gasteiger partial charge >= 0.3 is 0 Å². The van der Waals surface area contributed by atoms with Gasteiger partial charge in [-0.15, -0.1) is 0 Å². The summed E-state index contributed by atoms with van der Waals surface area (Å²) in [5.41, 5.74) is 2.22. The molecule has 5 heteroatoms. The summed E-state index contributed by atoms with van der Waals surface area (Å²) in [4.78, 5) is 12.8. The second-order valence-electron chi connectivity index (χ2n) is 5.43. The standard InChI is InChI=1S/C14H18N2O3/c17-13-6-4-10-3-5-11(16(18)19)9-12(10)14(13)15-7-1-2-8-15/h3,5,9,13-14,17H,1-2,4,6-8H2/t13-,14-/m1/s1. The Labute approximate surface area is 112 Å². The predicted molar refractivity (Wildman–Crippen MR) is 71.0 cm³/mol. The summed E-state index contributed by atoms with van der Waals surface area (Å²) in [5, 5.41) is 21.2. The first-order chi connectivity index (χ1) is 9.16. The molecule has 0 spiro atoms. The zero-order valence-corrected chi connectivity index (χ0v) is 10.8. The van der Waals surface area contributed by atoms with Crippen LogP contribution in [0.2, 0.25) is 0 Å². The van der Waals surface area contributed by atoms with Gasteiger partial charge in [-0.25, -0.2) is 0 Å². The molecule has 2 aliphatic rings. The fraction of sp³-hybridized carbons (Fsp3) is 0.571. The number of nitro groups is 1. The van der Waals surface area contributed by atoms with Crippen molar-refractivity contribution in [1.82, 2.24) is 4.90 Å². The van der Waals surface area contributed by atoms with Gasteiger partial charge in [-0.3, -0.25) is 15.0 Å². The lowest BCUT2D eigenvalue weighted by molar-refractivity contribution is -0.385. The smallest absolute Gasteiger partial charge is 0.269 e. The maximum atomic E-state index is 10.9. The van der Waals surface area contributed by atoms with E-state index < -0.39 is 6.10 Å². The monoisotopic (exact) mass is 262 g/mol. The number of likely N-dealkylation sites (tertiary alicyclic amines) is 1. The third kappa shape index (κ3) is 2.24. The molecule has 1 fully saturated rings. The molecule has 0 amide bonds. The molecule has 0 aromatic heterocycles. The highest BCUT2D eigenvalue weighted by Crippen LogP contribution is 2.38. The lowest BCUT2D eigenvalue weighted by atomic mass is 9.84. The zero-order valence-electron chi connectivity index (χ0n) is 10.8. The van der Waals surface area contributed by atoms with Crippen LogP contribution < -0.4 is 0 Å². The number of fused-ring (bicyclic) bond motifs is 1. The molecule has 0 radical (unpaired) electrons. The Morgan fingerprint density at radius 3 is 2.74 bits per heavy atom. The van der Waals surface area contributed by atoms with Crippen molar-refractivity contribution >= 4 is 5.69 Å². The fourth-order valence-corrected chi connectivity index (χ4v) is 3.33. The number of nitro benzene ring substituents is 1. The quantitative estimate of drug-likeness (QED) is 0.654. The molecule has 19 heavy (non-hydrogen) atoms. The van der Waals surface area contributed by atoms with Crippen molar-refractivity contribution in [3.8, 4) is 0 Å². The summed E-state index contributed by atoms with van der Waals surface area (Å²) in [6, 6.07) is 5.01. The lowest BCUT2D eigenvalue weighted by Crippen LogP contribution is -2.38. The minimum Gasteiger partial charge on any atom is -0.391 e. The first-order valence-electron chi connectivity index (χ1n) is 6.86. The van der Waals surface area contributed by atoms with E-state index in [1.54, 1.807) is 12.1 Å². The number of benzene rings is 1. The van der Waals surface area contributed by atoms with Crippen LogP contribution in [0.15, 0.2) is 18.2 Å². The summed E-state index contributed by atoms with van der Waals surface area (Å²) in [5.74, 6) is 0. The Kier molecular flexibility index (Phi) is 3.24. The summed E-state index contributed by atoms with van der Waals surface area (Å²) in [6.45, 7) is 1.95. The van der Waals surface area contributed by atoms with E-state index in [4.69, 9.17) is 0 Å². The first-order valence-corrected chi connectivity index (χ1v) is 6.86. The minimum absolute atomic E-state index is 0.0638. The zero-order chi connectivity index (χ0) is 13.4. The highest BCUT2D eigenvalue weighted by atomic mass is 16.6. The normalized spacial score (nSPS) is 27.2. The number of aliphatic hydroxyl groups is 1. The number of rotatable bonds is 2. The van der Waals surface area contributed by atoms with E-state index in [0.29, 0.717) is 0 Å². The third-order valence-electron chi connectivity index (χ3n) is 4.27.